The maximum Gasteiger partial charge on any atom is 0.347 e. The molecule has 0 spiro atoms. The average Bonchev–Trinajstić information content (AvgIpc) is 3.60. The van der Waals surface area contributed by atoms with Gasteiger partial charge in [-0.2, -0.15) is 0 Å². The van der Waals surface area contributed by atoms with Crippen LogP contribution in [0.15, 0.2) is 56.7 Å². The molecule has 5 atom stereocenters. The number of rotatable bonds is 6. The highest BCUT2D eigenvalue weighted by Crippen LogP contribution is 2.48. The van der Waals surface area contributed by atoms with Crippen LogP contribution in [-0.2, 0) is 23.0 Å². The molecule has 2 saturated heterocycles. The quantitative estimate of drug-likeness (QED) is 0.206. The number of aromatic nitrogens is 3. The maximum atomic E-state index is 13.3. The lowest BCUT2D eigenvalue weighted by Crippen LogP contribution is -2.59. The number of hydrogen-bond acceptors (Lipinski definition) is 6. The number of azide groups is 1. The van der Waals surface area contributed by atoms with Crippen molar-refractivity contribution >= 4 is 5.97 Å². The van der Waals surface area contributed by atoms with Crippen LogP contribution in [0.25, 0.3) is 10.4 Å². The number of fused-ring (bicyclic) bond motifs is 5. The zero-order valence-corrected chi connectivity index (χ0v) is 19.4. The Morgan fingerprint density at radius 2 is 1.86 bits per heavy atom. The van der Waals surface area contributed by atoms with E-state index in [1.54, 1.807) is 9.36 Å². The Balaban J connectivity index is 1.46. The summed E-state index contributed by atoms with van der Waals surface area (Å²) in [7, 11) is 1.51. The van der Waals surface area contributed by atoms with Crippen molar-refractivity contribution in [3.8, 4) is 0 Å². The van der Waals surface area contributed by atoms with Gasteiger partial charge in [-0.1, -0.05) is 41.5 Å². The minimum Gasteiger partial charge on any atom is -0.459 e. The Labute approximate surface area is 200 Å². The van der Waals surface area contributed by atoms with E-state index in [9.17, 15) is 14.4 Å². The first kappa shape index (κ1) is 21.9. The van der Waals surface area contributed by atoms with Crippen LogP contribution in [0.5, 0.6) is 0 Å². The van der Waals surface area contributed by atoms with E-state index in [1.165, 1.54) is 11.6 Å². The van der Waals surface area contributed by atoms with Crippen molar-refractivity contribution in [1.82, 2.24) is 18.8 Å². The van der Waals surface area contributed by atoms with Gasteiger partial charge >= 0.3 is 17.3 Å². The molecule has 2 aromatic rings. The van der Waals surface area contributed by atoms with Crippen LogP contribution in [0.3, 0.4) is 0 Å². The third kappa shape index (κ3) is 3.45. The van der Waals surface area contributed by atoms with Gasteiger partial charge in [0.25, 0.3) is 0 Å². The monoisotopic (exact) mass is 477 g/mol. The summed E-state index contributed by atoms with van der Waals surface area (Å²) in [6, 6.07) is 8.36. The van der Waals surface area contributed by atoms with Crippen LogP contribution in [-0.4, -0.2) is 56.1 Å². The Kier molecular flexibility index (Phi) is 5.19. The number of esters is 1. The number of cyclic esters (lactones) is 1. The summed E-state index contributed by atoms with van der Waals surface area (Å²) in [5.74, 6) is 0.0254. The van der Waals surface area contributed by atoms with E-state index in [2.05, 4.69) is 21.0 Å². The molecule has 0 unspecified atom stereocenters. The van der Waals surface area contributed by atoms with Gasteiger partial charge in [0.1, 0.15) is 12.1 Å². The first-order chi connectivity index (χ1) is 17.0. The second-order valence-corrected chi connectivity index (χ2v) is 9.91. The third-order valence-corrected chi connectivity index (χ3v) is 7.85. The summed E-state index contributed by atoms with van der Waals surface area (Å²) in [6.45, 7) is 0.702. The van der Waals surface area contributed by atoms with Crippen LogP contribution in [0, 0.1) is 5.92 Å². The van der Waals surface area contributed by atoms with Crippen molar-refractivity contribution in [3.63, 3.8) is 0 Å². The number of ether oxygens (including phenoxy) is 1. The molecule has 0 radical (unpaired) electrons. The van der Waals surface area contributed by atoms with E-state index in [-0.39, 0.29) is 36.0 Å². The number of allylic oxidation sites excluding steroid dienone is 1. The molecule has 11 heteroatoms. The molecular formula is C24H27N7O4. The van der Waals surface area contributed by atoms with Gasteiger partial charge in [0.15, 0.2) is 0 Å². The van der Waals surface area contributed by atoms with Crippen LogP contribution in [0.2, 0.25) is 0 Å². The van der Waals surface area contributed by atoms with Crippen molar-refractivity contribution in [2.24, 2.45) is 18.1 Å². The Hall–Kier alpha value is -3.56. The Morgan fingerprint density at radius 3 is 2.57 bits per heavy atom. The minimum atomic E-state index is -0.566. The number of carbonyl (C=O) groups is 1. The van der Waals surface area contributed by atoms with Gasteiger partial charge in [-0.15, -0.1) is 0 Å². The van der Waals surface area contributed by atoms with Gasteiger partial charge < -0.3 is 4.74 Å². The average molecular weight is 478 g/mol. The molecule has 6 rings (SSSR count). The Morgan fingerprint density at radius 1 is 1.11 bits per heavy atom. The first-order valence-electron chi connectivity index (χ1n) is 12.1. The summed E-state index contributed by atoms with van der Waals surface area (Å²) < 4.78 is 10.3. The number of carbonyl (C=O) groups excluding carboxylic acids is 1. The molecule has 1 aliphatic carbocycles. The Bertz CT molecular complexity index is 1360. The summed E-state index contributed by atoms with van der Waals surface area (Å²) in [5.41, 5.74) is 10.2. The molecule has 182 valence electrons. The molecule has 0 N–H and O–H groups in total. The topological polar surface area (TPSA) is 127 Å². The van der Waals surface area contributed by atoms with E-state index in [0.717, 1.165) is 24.0 Å². The lowest BCUT2D eigenvalue weighted by molar-refractivity contribution is -0.173. The van der Waals surface area contributed by atoms with Crippen molar-refractivity contribution < 1.29 is 9.53 Å². The molecule has 35 heavy (non-hydrogen) atoms. The summed E-state index contributed by atoms with van der Waals surface area (Å²) in [4.78, 5) is 44.6. The second kappa shape index (κ2) is 8.28. The van der Waals surface area contributed by atoms with Gasteiger partial charge in [0.05, 0.1) is 18.1 Å². The molecule has 11 nitrogen and oxygen atoms in total. The molecular weight excluding hydrogens is 450 g/mol. The highest BCUT2D eigenvalue weighted by molar-refractivity contribution is 5.78. The van der Waals surface area contributed by atoms with E-state index >= 15 is 0 Å². The van der Waals surface area contributed by atoms with Gasteiger partial charge in [0.2, 0.25) is 0 Å². The van der Waals surface area contributed by atoms with E-state index in [0.29, 0.717) is 25.3 Å². The van der Waals surface area contributed by atoms with Gasteiger partial charge in [0, 0.05) is 25.0 Å². The van der Waals surface area contributed by atoms with Crippen LogP contribution in [0.4, 0.5) is 0 Å². The van der Waals surface area contributed by atoms with E-state index in [1.807, 2.05) is 30.3 Å². The standard InChI is InChI=1S/C24H27N7O4/c1-28-23(33)30-17(15-7-8-15)12-16-13-29-18(11-14-5-3-2-4-6-14)22(32)35-19(9-10-26-27-25)21(29)20(16)31(30)24(28)34/h2-6,12,15,17-21H,7-11,13H2,1H3/t17-,18-,19-,20+,21-/m0/s1. The molecule has 3 fully saturated rings. The fraction of sp³-hybridized carbons (Fsp3) is 0.542. The normalized spacial score (nSPS) is 29.5. The van der Waals surface area contributed by atoms with Crippen LogP contribution in [0.1, 0.15) is 36.9 Å². The molecule has 0 amide bonds. The summed E-state index contributed by atoms with van der Waals surface area (Å²) in [6.07, 6.45) is 4.46. The number of hydrogen-bond donors (Lipinski definition) is 0. The van der Waals surface area contributed by atoms with E-state index < -0.39 is 18.2 Å². The maximum absolute atomic E-state index is 13.3. The smallest absolute Gasteiger partial charge is 0.347 e. The minimum absolute atomic E-state index is 0.158. The first-order valence-corrected chi connectivity index (χ1v) is 12.1. The highest BCUT2D eigenvalue weighted by Gasteiger charge is 2.56. The molecule has 1 aromatic carbocycles. The number of morpholine rings is 1. The molecule has 4 aliphatic rings. The predicted molar refractivity (Wildman–Crippen MR) is 126 cm³/mol. The number of benzene rings is 1. The lowest BCUT2D eigenvalue weighted by Gasteiger charge is -2.43. The molecule has 3 aliphatic heterocycles. The predicted octanol–water partition coefficient (Wildman–Crippen LogP) is 1.70. The van der Waals surface area contributed by atoms with Crippen molar-refractivity contribution in [2.75, 3.05) is 13.1 Å². The van der Waals surface area contributed by atoms with Gasteiger partial charge in [-0.3, -0.25) is 9.69 Å². The fourth-order valence-electron chi connectivity index (χ4n) is 6.09. The largest absolute Gasteiger partial charge is 0.459 e. The summed E-state index contributed by atoms with van der Waals surface area (Å²) >= 11 is 0. The summed E-state index contributed by atoms with van der Waals surface area (Å²) in [5, 5.41) is 3.65. The number of nitrogens with zero attached hydrogens (tertiary/aromatic N) is 7. The second-order valence-electron chi connectivity index (χ2n) is 9.91. The lowest BCUT2D eigenvalue weighted by atomic mass is 9.92. The van der Waals surface area contributed by atoms with Crippen molar-refractivity contribution in [2.45, 2.75) is 56.0 Å². The van der Waals surface area contributed by atoms with Gasteiger partial charge in [-0.25, -0.2) is 23.5 Å². The van der Waals surface area contributed by atoms with Crippen molar-refractivity contribution in [3.05, 3.63) is 79.0 Å². The van der Waals surface area contributed by atoms with Crippen LogP contribution >= 0.6 is 0 Å². The molecule has 1 aromatic heterocycles. The van der Waals surface area contributed by atoms with E-state index in [4.69, 9.17) is 10.3 Å². The fourth-order valence-corrected chi connectivity index (χ4v) is 6.09. The zero-order valence-electron chi connectivity index (χ0n) is 19.4. The van der Waals surface area contributed by atoms with Crippen molar-refractivity contribution in [1.29, 1.82) is 0 Å². The molecule has 1 saturated carbocycles. The van der Waals surface area contributed by atoms with Gasteiger partial charge in [-0.05, 0) is 48.3 Å². The molecule has 4 heterocycles. The van der Waals surface area contributed by atoms with Crippen LogP contribution < -0.4 is 11.4 Å². The SMILES string of the molecule is Cn1c(=O)n2n(c1=O)[C@H](C1CC1)C=C1CN3[C@@H]([C@H](CCN=[N+]=[N-])OC(=O)[C@@H]3Cc3ccccc3)[C@@H]12. The highest BCUT2D eigenvalue weighted by atomic mass is 16.6. The molecule has 0 bridgehead atoms. The third-order valence-electron chi connectivity index (χ3n) is 7.85. The zero-order chi connectivity index (χ0) is 24.3.